The number of alkyl halides is 3. The zero-order chi connectivity index (χ0) is 14.6. The van der Waals surface area contributed by atoms with Gasteiger partial charge in [-0.1, -0.05) is 6.07 Å². The van der Waals surface area contributed by atoms with Gasteiger partial charge >= 0.3 is 6.36 Å². The van der Waals surface area contributed by atoms with Crippen LogP contribution in [-0.4, -0.2) is 21.5 Å². The van der Waals surface area contributed by atoms with Crippen molar-refractivity contribution in [2.75, 3.05) is 0 Å². The van der Waals surface area contributed by atoms with E-state index in [0.29, 0.717) is 18.9 Å². The van der Waals surface area contributed by atoms with Crippen LogP contribution < -0.4 is 10.1 Å². The molecule has 0 fully saturated rings. The second-order valence-corrected chi connectivity index (χ2v) is 4.70. The van der Waals surface area contributed by atoms with E-state index < -0.39 is 6.36 Å². The number of aromatic nitrogens is 3. The van der Waals surface area contributed by atoms with Gasteiger partial charge in [-0.2, -0.15) is 5.10 Å². The maximum Gasteiger partial charge on any atom is 0.573 e. The number of halogens is 4. The predicted octanol–water partition coefficient (Wildman–Crippen LogP) is 2.76. The molecule has 0 aliphatic heterocycles. The van der Waals surface area contributed by atoms with Crippen molar-refractivity contribution in [2.24, 2.45) is 0 Å². The average Bonchev–Trinajstić information content (AvgIpc) is 2.84. The molecule has 9 heteroatoms. The van der Waals surface area contributed by atoms with E-state index in [0.717, 1.165) is 5.56 Å². The Hall–Kier alpha value is -1.61. The van der Waals surface area contributed by atoms with Gasteiger partial charge in [-0.3, -0.25) is 5.10 Å². The van der Waals surface area contributed by atoms with Crippen molar-refractivity contribution in [3.05, 3.63) is 40.4 Å². The zero-order valence-corrected chi connectivity index (χ0v) is 11.6. The molecule has 0 bridgehead atoms. The largest absolute Gasteiger partial charge is 0.573 e. The van der Waals surface area contributed by atoms with Crippen LogP contribution in [0.15, 0.2) is 29.0 Å². The molecule has 0 unspecified atom stereocenters. The van der Waals surface area contributed by atoms with Crippen LogP contribution in [-0.2, 0) is 13.1 Å². The molecule has 1 heterocycles. The van der Waals surface area contributed by atoms with Crippen molar-refractivity contribution in [2.45, 2.75) is 19.5 Å². The second kappa shape index (κ2) is 6.23. The third-order valence-corrected chi connectivity index (χ3v) is 2.93. The first kappa shape index (κ1) is 14.8. The monoisotopic (exact) mass is 350 g/mol. The van der Waals surface area contributed by atoms with Crippen LogP contribution in [0, 0.1) is 0 Å². The first-order valence-corrected chi connectivity index (χ1v) is 6.32. The lowest BCUT2D eigenvalue weighted by Crippen LogP contribution is -2.17. The molecule has 5 nitrogen and oxygen atoms in total. The number of rotatable bonds is 5. The van der Waals surface area contributed by atoms with E-state index in [2.05, 4.69) is 41.2 Å². The quantitative estimate of drug-likeness (QED) is 0.870. The van der Waals surface area contributed by atoms with E-state index in [-0.39, 0.29) is 10.2 Å². The molecule has 0 saturated heterocycles. The van der Waals surface area contributed by atoms with Gasteiger partial charge in [0.05, 0.1) is 11.0 Å². The van der Waals surface area contributed by atoms with Gasteiger partial charge in [-0.25, -0.2) is 4.98 Å². The molecule has 1 aromatic heterocycles. The predicted molar refractivity (Wildman–Crippen MR) is 67.8 cm³/mol. The van der Waals surface area contributed by atoms with Crippen LogP contribution in [0.4, 0.5) is 13.2 Å². The van der Waals surface area contributed by atoms with Crippen LogP contribution in [0.2, 0.25) is 0 Å². The number of H-pyrrole nitrogens is 1. The van der Waals surface area contributed by atoms with Crippen molar-refractivity contribution in [1.29, 1.82) is 0 Å². The molecule has 0 atom stereocenters. The Balaban J connectivity index is 1.91. The highest BCUT2D eigenvalue weighted by atomic mass is 79.9. The first-order chi connectivity index (χ1) is 9.44. The fourth-order valence-electron chi connectivity index (χ4n) is 1.50. The van der Waals surface area contributed by atoms with Gasteiger partial charge in [0.1, 0.15) is 17.9 Å². The van der Waals surface area contributed by atoms with Crippen LogP contribution in [0.3, 0.4) is 0 Å². The molecule has 1 aromatic carbocycles. The molecule has 108 valence electrons. The van der Waals surface area contributed by atoms with Gasteiger partial charge in [0.25, 0.3) is 0 Å². The molecule has 0 radical (unpaired) electrons. The van der Waals surface area contributed by atoms with Gasteiger partial charge in [0.2, 0.25) is 0 Å². The van der Waals surface area contributed by atoms with E-state index in [4.69, 9.17) is 0 Å². The lowest BCUT2D eigenvalue weighted by Gasteiger charge is -2.11. The summed E-state index contributed by atoms with van der Waals surface area (Å²) in [5.41, 5.74) is 0.811. The van der Waals surface area contributed by atoms with Crippen molar-refractivity contribution in [1.82, 2.24) is 20.5 Å². The van der Waals surface area contributed by atoms with Crippen LogP contribution >= 0.6 is 15.9 Å². The Morgan fingerprint density at radius 3 is 2.70 bits per heavy atom. The Labute approximate surface area is 120 Å². The van der Waals surface area contributed by atoms with Crippen molar-refractivity contribution >= 4 is 15.9 Å². The smallest absolute Gasteiger partial charge is 0.405 e. The molecule has 2 rings (SSSR count). The maximum absolute atomic E-state index is 12.1. The van der Waals surface area contributed by atoms with Crippen molar-refractivity contribution in [3.8, 4) is 5.75 Å². The molecular formula is C11H10BrF3N4O. The van der Waals surface area contributed by atoms with Gasteiger partial charge in [0, 0.05) is 6.54 Å². The number of nitrogens with zero attached hydrogens (tertiary/aromatic N) is 2. The fourth-order valence-corrected chi connectivity index (χ4v) is 2.01. The van der Waals surface area contributed by atoms with Crippen LogP contribution in [0.1, 0.15) is 11.4 Å². The third kappa shape index (κ3) is 4.49. The fraction of sp³-hybridized carbons (Fsp3) is 0.273. The summed E-state index contributed by atoms with van der Waals surface area (Å²) in [5.74, 6) is 0.414. The molecule has 2 N–H and O–H groups in total. The first-order valence-electron chi connectivity index (χ1n) is 5.53. The molecule has 0 aliphatic rings. The normalized spacial score (nSPS) is 11.6. The minimum atomic E-state index is -4.70. The lowest BCUT2D eigenvalue weighted by molar-refractivity contribution is -0.274. The topological polar surface area (TPSA) is 62.8 Å². The molecule has 2 aromatic rings. The van der Waals surface area contributed by atoms with E-state index >= 15 is 0 Å². The molecule has 0 amide bonds. The van der Waals surface area contributed by atoms with Gasteiger partial charge < -0.3 is 10.1 Å². The highest BCUT2D eigenvalue weighted by Crippen LogP contribution is 2.30. The van der Waals surface area contributed by atoms with Crippen LogP contribution in [0.5, 0.6) is 5.75 Å². The molecule has 0 spiro atoms. The summed E-state index contributed by atoms with van der Waals surface area (Å²) >= 11 is 3.05. The highest BCUT2D eigenvalue weighted by molar-refractivity contribution is 9.10. The molecular weight excluding hydrogens is 341 g/mol. The molecule has 0 saturated carbocycles. The lowest BCUT2D eigenvalue weighted by atomic mass is 10.2. The minimum Gasteiger partial charge on any atom is -0.405 e. The SMILES string of the molecule is FC(F)(F)Oc1ccc(CNCc2ncn[nH]2)cc1Br. The maximum atomic E-state index is 12.1. The summed E-state index contributed by atoms with van der Waals surface area (Å²) in [6, 6.07) is 4.39. The van der Waals surface area contributed by atoms with Gasteiger partial charge in [-0.15, -0.1) is 13.2 Å². The van der Waals surface area contributed by atoms with Gasteiger partial charge in [0.15, 0.2) is 0 Å². The van der Waals surface area contributed by atoms with E-state index in [1.165, 1.54) is 12.4 Å². The van der Waals surface area contributed by atoms with Crippen LogP contribution in [0.25, 0.3) is 0 Å². The van der Waals surface area contributed by atoms with Gasteiger partial charge in [-0.05, 0) is 33.6 Å². The second-order valence-electron chi connectivity index (χ2n) is 3.85. The van der Waals surface area contributed by atoms with Crippen molar-refractivity contribution < 1.29 is 17.9 Å². The summed E-state index contributed by atoms with van der Waals surface area (Å²) < 4.78 is 40.4. The summed E-state index contributed by atoms with van der Waals surface area (Å²) in [7, 11) is 0. The number of nitrogens with one attached hydrogen (secondary N) is 2. The van der Waals surface area contributed by atoms with E-state index in [1.807, 2.05) is 0 Å². The van der Waals surface area contributed by atoms with E-state index in [9.17, 15) is 13.2 Å². The zero-order valence-electron chi connectivity index (χ0n) is 10.0. The Kier molecular flexibility index (Phi) is 4.61. The third-order valence-electron chi connectivity index (χ3n) is 2.31. The average molecular weight is 351 g/mol. The van der Waals surface area contributed by atoms with E-state index in [1.54, 1.807) is 12.1 Å². The molecule has 0 aliphatic carbocycles. The standard InChI is InChI=1S/C11H10BrF3N4O/c12-8-3-7(1-2-9(8)20-11(13,14)15)4-16-5-10-17-6-18-19-10/h1-3,6,16H,4-5H2,(H,17,18,19). The Morgan fingerprint density at radius 2 is 2.10 bits per heavy atom. The van der Waals surface area contributed by atoms with Crippen molar-refractivity contribution in [3.63, 3.8) is 0 Å². The summed E-state index contributed by atoms with van der Waals surface area (Å²) in [6.45, 7) is 0.962. The number of ether oxygens (including phenoxy) is 1. The Morgan fingerprint density at radius 1 is 1.30 bits per heavy atom. The highest BCUT2D eigenvalue weighted by Gasteiger charge is 2.31. The summed E-state index contributed by atoms with van der Waals surface area (Å²) in [6.07, 6.45) is -3.30. The Bertz CT molecular complexity index is 559. The number of aromatic amines is 1. The summed E-state index contributed by atoms with van der Waals surface area (Å²) in [4.78, 5) is 3.94. The number of benzene rings is 1. The number of hydrogen-bond donors (Lipinski definition) is 2. The number of hydrogen-bond acceptors (Lipinski definition) is 4. The minimum absolute atomic E-state index is 0.244. The summed E-state index contributed by atoms with van der Waals surface area (Å²) in [5, 5.41) is 9.47. The molecule has 20 heavy (non-hydrogen) atoms.